The first-order valence-electron chi connectivity index (χ1n) is 40.0. The van der Waals surface area contributed by atoms with Crippen molar-refractivity contribution in [2.24, 2.45) is 0 Å². The molecule has 552 valence electrons. The van der Waals surface area contributed by atoms with E-state index in [9.17, 15) is 29.4 Å². The van der Waals surface area contributed by atoms with Gasteiger partial charge in [-0.1, -0.05) is 275 Å². The third kappa shape index (κ3) is 66.1. The normalized spacial score (nSPS) is 12.8. The second-order valence-electron chi connectivity index (χ2n) is 28.1. The maximum Gasteiger partial charge on any atom is 0.306 e. The Balaban J connectivity index is 5.42. The quantitative estimate of drug-likeness (QED) is 0.0259. The van der Waals surface area contributed by atoms with E-state index in [1.165, 1.54) is 161 Å². The summed E-state index contributed by atoms with van der Waals surface area (Å²) in [5.74, 6) is 1.39. The Bertz CT molecular complexity index is 1580. The van der Waals surface area contributed by atoms with Gasteiger partial charge in [0.05, 0.1) is 18.8 Å². The highest BCUT2D eigenvalue weighted by Crippen LogP contribution is 2.25. The minimum Gasteiger partial charge on any atom is -0.466 e. The van der Waals surface area contributed by atoms with Gasteiger partial charge in [0.25, 0.3) is 0 Å². The van der Waals surface area contributed by atoms with Crippen molar-refractivity contribution in [2.45, 2.75) is 393 Å². The third-order valence-electron chi connectivity index (χ3n) is 18.4. The summed E-state index contributed by atoms with van der Waals surface area (Å²) in [6.45, 7) is 17.6. The SMILES string of the molecule is CCCCCCCCCCCOC(=O)CCCCCN(CCCCCCCC(=O)OC(CCCCCCCC)CCCCCCCC)CCCCSSCCC(NC(=O)CCN(CC(O)CCCCCCCC)CC(O)CCCCCCCC)C(=O)NCCCN(C)C. The molecule has 0 fully saturated rings. The van der Waals surface area contributed by atoms with E-state index in [2.05, 4.69) is 60.0 Å². The molecule has 0 saturated carbocycles. The maximum absolute atomic E-state index is 13.7. The summed E-state index contributed by atoms with van der Waals surface area (Å²) in [6, 6.07) is -0.632. The van der Waals surface area contributed by atoms with Crippen LogP contribution in [0.15, 0.2) is 0 Å². The highest BCUT2D eigenvalue weighted by molar-refractivity contribution is 8.76. The molecule has 2 amide bonds. The van der Waals surface area contributed by atoms with E-state index in [0.717, 1.165) is 185 Å². The first-order valence-corrected chi connectivity index (χ1v) is 42.5. The zero-order valence-electron chi connectivity index (χ0n) is 62.4. The van der Waals surface area contributed by atoms with E-state index in [1.54, 1.807) is 10.8 Å². The first kappa shape index (κ1) is 91.4. The molecule has 15 heteroatoms. The van der Waals surface area contributed by atoms with Crippen molar-refractivity contribution in [1.29, 1.82) is 0 Å². The molecule has 3 atom stereocenters. The van der Waals surface area contributed by atoms with Gasteiger partial charge in [-0.15, -0.1) is 0 Å². The van der Waals surface area contributed by atoms with Gasteiger partial charge < -0.3 is 40.1 Å². The molecule has 0 aromatic heterocycles. The second-order valence-corrected chi connectivity index (χ2v) is 30.8. The van der Waals surface area contributed by atoms with Crippen molar-refractivity contribution in [3.05, 3.63) is 0 Å². The standard InChI is InChI=1S/C78H155N5O8S2/c1-8-13-18-23-28-29-30-38-49-66-90-76(87)56-45-39-47-63-82(62-46-37-31-36-44-57-77(88)91-73(54-42-34-26-21-16-11-4)55-43-35-27-22-17-12-5)64-48-50-67-92-93-68-59-74(78(89)79-60-51-61-81(6)7)80-75(86)58-65-83(69-71(84)52-40-32-24-19-14-9-2)70-72(85)53-41-33-25-20-15-10-3/h71-74,84-85H,8-70H2,1-7H3,(H,79,89)(H,80,86). The number of carbonyl (C=O) groups excluding carboxylic acids is 4. The van der Waals surface area contributed by atoms with Crippen LogP contribution in [-0.4, -0.2) is 158 Å². The van der Waals surface area contributed by atoms with Gasteiger partial charge in [0.2, 0.25) is 11.8 Å². The summed E-state index contributed by atoms with van der Waals surface area (Å²) in [7, 11) is 7.69. The number of hydrogen-bond donors (Lipinski definition) is 4. The number of nitrogens with zero attached hydrogens (tertiary/aromatic N) is 3. The Morgan fingerprint density at radius 3 is 1.27 bits per heavy atom. The maximum atomic E-state index is 13.7. The highest BCUT2D eigenvalue weighted by Gasteiger charge is 2.23. The van der Waals surface area contributed by atoms with Crippen LogP contribution in [0.4, 0.5) is 0 Å². The minimum absolute atomic E-state index is 0.00114. The van der Waals surface area contributed by atoms with Gasteiger partial charge in [-0.3, -0.25) is 24.1 Å². The van der Waals surface area contributed by atoms with Gasteiger partial charge in [-0.25, -0.2) is 0 Å². The molecule has 0 aromatic carbocycles. The molecular weight excluding hydrogens is 1200 g/mol. The predicted molar refractivity (Wildman–Crippen MR) is 403 cm³/mol. The molecule has 0 aromatic rings. The number of hydrogen-bond acceptors (Lipinski definition) is 13. The lowest BCUT2D eigenvalue weighted by molar-refractivity contribution is -0.150. The molecule has 4 N–H and O–H groups in total. The predicted octanol–water partition coefficient (Wildman–Crippen LogP) is 19.7. The largest absolute Gasteiger partial charge is 0.466 e. The number of rotatable bonds is 75. The minimum atomic E-state index is -0.632. The summed E-state index contributed by atoms with van der Waals surface area (Å²) in [5.41, 5.74) is 0. The lowest BCUT2D eigenvalue weighted by atomic mass is 10.0. The summed E-state index contributed by atoms with van der Waals surface area (Å²) >= 11 is 0. The molecule has 0 aliphatic carbocycles. The Kier molecular flexibility index (Phi) is 70.4. The van der Waals surface area contributed by atoms with Crippen LogP contribution in [0.1, 0.15) is 369 Å². The third-order valence-corrected chi connectivity index (χ3v) is 20.9. The summed E-state index contributed by atoms with van der Waals surface area (Å²) < 4.78 is 11.8. The van der Waals surface area contributed by atoms with Crippen LogP contribution in [0.2, 0.25) is 0 Å². The monoisotopic (exact) mass is 1350 g/mol. The van der Waals surface area contributed by atoms with Crippen molar-refractivity contribution in [2.75, 3.05) is 84.6 Å². The Labute approximate surface area is 583 Å². The molecular formula is C78H155N5O8S2. The Hall–Kier alpha value is -1.62. The van der Waals surface area contributed by atoms with Gasteiger partial charge in [0.1, 0.15) is 12.1 Å². The van der Waals surface area contributed by atoms with E-state index >= 15 is 0 Å². The molecule has 0 rings (SSSR count). The fourth-order valence-corrected chi connectivity index (χ4v) is 14.6. The van der Waals surface area contributed by atoms with Crippen LogP contribution in [0, 0.1) is 0 Å². The zero-order valence-corrected chi connectivity index (χ0v) is 64.0. The van der Waals surface area contributed by atoms with Crippen LogP contribution < -0.4 is 10.6 Å². The first-order chi connectivity index (χ1) is 45.4. The van der Waals surface area contributed by atoms with E-state index in [1.807, 2.05) is 24.9 Å². The van der Waals surface area contributed by atoms with Gasteiger partial charge >= 0.3 is 11.9 Å². The van der Waals surface area contributed by atoms with Crippen LogP contribution in [-0.2, 0) is 28.7 Å². The van der Waals surface area contributed by atoms with Crippen molar-refractivity contribution in [3.63, 3.8) is 0 Å². The molecule has 13 nitrogen and oxygen atoms in total. The zero-order chi connectivity index (χ0) is 68.1. The van der Waals surface area contributed by atoms with Crippen molar-refractivity contribution >= 4 is 45.3 Å². The Morgan fingerprint density at radius 2 is 0.785 bits per heavy atom. The topological polar surface area (TPSA) is 161 Å². The fraction of sp³-hybridized carbons (Fsp3) is 0.949. The second kappa shape index (κ2) is 71.7. The molecule has 0 bridgehead atoms. The highest BCUT2D eigenvalue weighted by atomic mass is 33.1. The average Bonchev–Trinajstić information content (AvgIpc) is 3.22. The molecule has 0 spiro atoms. The number of ether oxygens (including phenoxy) is 2. The molecule has 93 heavy (non-hydrogen) atoms. The van der Waals surface area contributed by atoms with Crippen LogP contribution in [0.25, 0.3) is 0 Å². The fourth-order valence-electron chi connectivity index (χ4n) is 12.4. The van der Waals surface area contributed by atoms with Crippen LogP contribution >= 0.6 is 21.6 Å². The van der Waals surface area contributed by atoms with Crippen molar-refractivity contribution in [1.82, 2.24) is 25.3 Å². The Morgan fingerprint density at radius 1 is 0.387 bits per heavy atom. The number of aliphatic hydroxyl groups is 2. The number of amides is 2. The molecule has 0 saturated heterocycles. The van der Waals surface area contributed by atoms with E-state index < -0.39 is 18.2 Å². The average molecular weight is 1360 g/mol. The summed E-state index contributed by atoms with van der Waals surface area (Å²) in [5, 5.41) is 28.4. The van der Waals surface area contributed by atoms with E-state index in [-0.39, 0.29) is 36.3 Å². The summed E-state index contributed by atoms with van der Waals surface area (Å²) in [4.78, 5) is 59.8. The molecule has 3 unspecified atom stereocenters. The molecule has 0 aliphatic rings. The van der Waals surface area contributed by atoms with Crippen LogP contribution in [0.3, 0.4) is 0 Å². The lowest BCUT2D eigenvalue weighted by Gasteiger charge is -2.27. The van der Waals surface area contributed by atoms with Crippen LogP contribution in [0.5, 0.6) is 0 Å². The smallest absolute Gasteiger partial charge is 0.306 e. The van der Waals surface area contributed by atoms with Gasteiger partial charge in [-0.05, 0) is 137 Å². The molecule has 0 radical (unpaired) electrons. The van der Waals surface area contributed by atoms with E-state index in [4.69, 9.17) is 9.47 Å². The number of unbranched alkanes of at least 4 members (excludes halogenated alkanes) is 35. The number of nitrogens with one attached hydrogen (secondary N) is 2. The number of esters is 2. The summed E-state index contributed by atoms with van der Waals surface area (Å²) in [6.07, 6.45) is 56.1. The van der Waals surface area contributed by atoms with Crippen molar-refractivity contribution < 1.29 is 38.9 Å². The van der Waals surface area contributed by atoms with Gasteiger partial charge in [0.15, 0.2) is 0 Å². The number of aliphatic hydroxyl groups excluding tert-OH is 2. The van der Waals surface area contributed by atoms with Crippen molar-refractivity contribution in [3.8, 4) is 0 Å². The lowest BCUT2D eigenvalue weighted by Crippen LogP contribution is -2.48. The molecule has 0 heterocycles. The van der Waals surface area contributed by atoms with Gasteiger partial charge in [-0.2, -0.15) is 0 Å². The van der Waals surface area contributed by atoms with Gasteiger partial charge in [0, 0.05) is 56.9 Å². The number of carbonyl (C=O) groups is 4. The molecule has 0 aliphatic heterocycles. The van der Waals surface area contributed by atoms with E-state index in [0.29, 0.717) is 52.0 Å².